The minimum absolute atomic E-state index is 0. The number of halogens is 2. The van der Waals surface area contributed by atoms with E-state index < -0.39 is 10.0 Å². The van der Waals surface area contributed by atoms with Crippen LogP contribution in [0.5, 0.6) is 0 Å². The minimum atomic E-state index is -3.41. The monoisotopic (exact) mass is 526 g/mol. The molecule has 10 heteroatoms. The number of rotatable bonds is 6. The number of nitrogens with one attached hydrogen (secondary N) is 1. The van der Waals surface area contributed by atoms with E-state index in [2.05, 4.69) is 10.3 Å². The van der Waals surface area contributed by atoms with Crippen LogP contribution in [-0.4, -0.2) is 51.8 Å². The molecule has 1 aromatic heterocycles. The van der Waals surface area contributed by atoms with Crippen LogP contribution in [0.15, 0.2) is 45.6 Å². The number of hydrogen-bond acceptors (Lipinski definition) is 4. The van der Waals surface area contributed by atoms with Gasteiger partial charge in [-0.25, -0.2) is 17.1 Å². The highest BCUT2D eigenvalue weighted by molar-refractivity contribution is 14.0. The van der Waals surface area contributed by atoms with Gasteiger partial charge in [0.05, 0.1) is 6.54 Å². The van der Waals surface area contributed by atoms with Gasteiger partial charge in [-0.2, -0.15) is 0 Å². The second-order valence-electron chi connectivity index (χ2n) is 5.89. The molecular formula is C17H24FIN4O2S2. The van der Waals surface area contributed by atoms with Crippen molar-refractivity contribution in [3.05, 3.63) is 52.7 Å². The number of hydrogen-bond donors (Lipinski definition) is 1. The molecule has 2 aromatic rings. The molecule has 0 aliphatic heterocycles. The molecule has 27 heavy (non-hydrogen) atoms. The smallest absolute Gasteiger partial charge is 0.252 e. The molecule has 0 aliphatic rings. The molecular weight excluding hydrogens is 502 g/mol. The van der Waals surface area contributed by atoms with Crippen LogP contribution >= 0.6 is 35.3 Å². The number of aliphatic imine (C=N–C) groups is 1. The van der Waals surface area contributed by atoms with Crippen molar-refractivity contribution < 1.29 is 12.8 Å². The third-order valence-corrected chi connectivity index (χ3v) is 7.04. The molecule has 1 N–H and O–H groups in total. The topological polar surface area (TPSA) is 65.0 Å². The van der Waals surface area contributed by atoms with Gasteiger partial charge in [0, 0.05) is 39.6 Å². The Morgan fingerprint density at radius 1 is 1.22 bits per heavy atom. The van der Waals surface area contributed by atoms with Crippen molar-refractivity contribution in [2.45, 2.75) is 17.3 Å². The molecule has 0 bridgehead atoms. The number of nitrogens with zero attached hydrogens (tertiary/aromatic N) is 3. The first-order valence-corrected chi connectivity index (χ1v) is 10.2. The summed E-state index contributed by atoms with van der Waals surface area (Å²) in [6.45, 7) is 0.954. The van der Waals surface area contributed by atoms with Gasteiger partial charge in [-0.1, -0.05) is 12.1 Å². The predicted octanol–water partition coefficient (Wildman–Crippen LogP) is 2.96. The van der Waals surface area contributed by atoms with Crippen molar-refractivity contribution >= 4 is 51.3 Å². The molecule has 1 heterocycles. The van der Waals surface area contributed by atoms with Gasteiger partial charge in [0.1, 0.15) is 10.0 Å². The summed E-state index contributed by atoms with van der Waals surface area (Å²) in [7, 11) is 3.13. The van der Waals surface area contributed by atoms with E-state index in [4.69, 9.17) is 0 Å². The largest absolute Gasteiger partial charge is 0.351 e. The van der Waals surface area contributed by atoms with Crippen LogP contribution in [0.1, 0.15) is 10.4 Å². The van der Waals surface area contributed by atoms with Crippen LogP contribution in [0.25, 0.3) is 0 Å². The fourth-order valence-electron chi connectivity index (χ4n) is 2.31. The molecule has 0 spiro atoms. The lowest BCUT2D eigenvalue weighted by Crippen LogP contribution is -2.37. The summed E-state index contributed by atoms with van der Waals surface area (Å²) >= 11 is 1.22. The van der Waals surface area contributed by atoms with Crippen LogP contribution < -0.4 is 5.32 Å². The number of guanidine groups is 1. The van der Waals surface area contributed by atoms with E-state index in [-0.39, 0.29) is 29.8 Å². The van der Waals surface area contributed by atoms with Crippen molar-refractivity contribution in [2.24, 2.45) is 4.99 Å². The Morgan fingerprint density at radius 3 is 2.52 bits per heavy atom. The Bertz CT molecular complexity index is 885. The Labute approximate surface area is 181 Å². The molecule has 2 rings (SSSR count). The predicted molar refractivity (Wildman–Crippen MR) is 119 cm³/mol. The highest BCUT2D eigenvalue weighted by Crippen LogP contribution is 2.23. The van der Waals surface area contributed by atoms with E-state index in [1.165, 1.54) is 41.9 Å². The normalized spacial score (nSPS) is 12.0. The first kappa shape index (κ1) is 23.8. The van der Waals surface area contributed by atoms with E-state index in [9.17, 15) is 12.8 Å². The van der Waals surface area contributed by atoms with Gasteiger partial charge in [0.25, 0.3) is 10.0 Å². The summed E-state index contributed by atoms with van der Waals surface area (Å²) < 4.78 is 39.1. The van der Waals surface area contributed by atoms with Crippen molar-refractivity contribution in [2.75, 3.05) is 28.2 Å². The van der Waals surface area contributed by atoms with Gasteiger partial charge in [0.2, 0.25) is 0 Å². The second-order valence-corrected chi connectivity index (χ2v) is 9.44. The van der Waals surface area contributed by atoms with Crippen molar-refractivity contribution in [3.63, 3.8) is 0 Å². The van der Waals surface area contributed by atoms with Crippen molar-refractivity contribution in [1.29, 1.82) is 0 Å². The van der Waals surface area contributed by atoms with Crippen LogP contribution in [0.3, 0.4) is 0 Å². The number of sulfonamides is 1. The summed E-state index contributed by atoms with van der Waals surface area (Å²) in [5.74, 6) is 0.367. The SMILES string of the molecule is CN=C(NCc1ccc(S(=O)(=O)N(C)C)s1)N(C)Cc1cccc(F)c1.I. The maximum Gasteiger partial charge on any atom is 0.252 e. The second kappa shape index (κ2) is 10.3. The van der Waals surface area contributed by atoms with Crippen LogP contribution in [0.2, 0.25) is 0 Å². The molecule has 0 saturated carbocycles. The Kier molecular flexibility index (Phi) is 9.12. The lowest BCUT2D eigenvalue weighted by Gasteiger charge is -2.22. The molecule has 0 fully saturated rings. The third kappa shape index (κ3) is 6.40. The highest BCUT2D eigenvalue weighted by Gasteiger charge is 2.19. The van der Waals surface area contributed by atoms with Gasteiger partial charge < -0.3 is 10.2 Å². The zero-order chi connectivity index (χ0) is 19.3. The van der Waals surface area contributed by atoms with Crippen molar-refractivity contribution in [3.8, 4) is 0 Å². The van der Waals surface area contributed by atoms with Gasteiger partial charge in [-0.05, 0) is 29.8 Å². The summed E-state index contributed by atoms with van der Waals surface area (Å²) in [6, 6.07) is 9.82. The van der Waals surface area contributed by atoms with E-state index in [0.29, 0.717) is 23.3 Å². The van der Waals surface area contributed by atoms with E-state index >= 15 is 0 Å². The zero-order valence-electron chi connectivity index (χ0n) is 15.6. The Hall–Kier alpha value is -1.24. The van der Waals surface area contributed by atoms with E-state index in [0.717, 1.165) is 10.4 Å². The zero-order valence-corrected chi connectivity index (χ0v) is 19.6. The van der Waals surface area contributed by atoms with Gasteiger partial charge in [-0.3, -0.25) is 4.99 Å². The molecule has 150 valence electrons. The van der Waals surface area contributed by atoms with Gasteiger partial charge in [0.15, 0.2) is 5.96 Å². The molecule has 1 aromatic carbocycles. The summed E-state index contributed by atoms with van der Waals surface area (Å²) in [4.78, 5) is 6.98. The average Bonchev–Trinajstić information content (AvgIpc) is 3.05. The fourth-order valence-corrected chi connectivity index (χ4v) is 4.77. The molecule has 0 radical (unpaired) electrons. The lowest BCUT2D eigenvalue weighted by molar-refractivity contribution is 0.475. The van der Waals surface area contributed by atoms with Gasteiger partial charge in [-0.15, -0.1) is 35.3 Å². The van der Waals surface area contributed by atoms with Gasteiger partial charge >= 0.3 is 0 Å². The van der Waals surface area contributed by atoms with Crippen LogP contribution in [-0.2, 0) is 23.1 Å². The Balaban J connectivity index is 0.00000364. The van der Waals surface area contributed by atoms with Crippen molar-refractivity contribution in [1.82, 2.24) is 14.5 Å². The maximum atomic E-state index is 13.3. The van der Waals surface area contributed by atoms with E-state index in [1.54, 1.807) is 25.2 Å². The van der Waals surface area contributed by atoms with E-state index in [1.807, 2.05) is 18.0 Å². The number of thiophene rings is 1. The molecule has 0 amide bonds. The first-order chi connectivity index (χ1) is 12.2. The third-order valence-electron chi connectivity index (χ3n) is 3.67. The molecule has 6 nitrogen and oxygen atoms in total. The summed E-state index contributed by atoms with van der Waals surface area (Å²) in [5, 5.41) is 3.20. The number of benzene rings is 1. The summed E-state index contributed by atoms with van der Waals surface area (Å²) in [5.41, 5.74) is 0.839. The standard InChI is InChI=1S/C17H23FN4O2S2.HI/c1-19-17(22(4)12-13-6-5-7-14(18)10-13)20-11-15-8-9-16(25-15)26(23,24)21(2)3;/h5-10H,11-12H2,1-4H3,(H,19,20);1H. The molecule has 0 unspecified atom stereocenters. The lowest BCUT2D eigenvalue weighted by atomic mass is 10.2. The minimum Gasteiger partial charge on any atom is -0.351 e. The first-order valence-electron chi connectivity index (χ1n) is 7.91. The van der Waals surface area contributed by atoms with Crippen LogP contribution in [0, 0.1) is 5.82 Å². The maximum absolute atomic E-state index is 13.3. The molecule has 0 saturated heterocycles. The summed E-state index contributed by atoms with van der Waals surface area (Å²) in [6.07, 6.45) is 0. The van der Waals surface area contributed by atoms with Crippen LogP contribution in [0.4, 0.5) is 4.39 Å². The molecule has 0 aliphatic carbocycles. The average molecular weight is 526 g/mol. The quantitative estimate of drug-likeness (QED) is 0.357. The Morgan fingerprint density at radius 2 is 1.93 bits per heavy atom. The fraction of sp³-hybridized carbons (Fsp3) is 0.353. The highest BCUT2D eigenvalue weighted by atomic mass is 127. The molecule has 0 atom stereocenters.